The van der Waals surface area contributed by atoms with E-state index in [4.69, 9.17) is 10.8 Å². The molecule has 6 heteroatoms. The molecule has 2 atom stereocenters. The number of allylic oxidation sites excluding steroid dienone is 1. The molecule has 0 aliphatic heterocycles. The first-order valence-electron chi connectivity index (χ1n) is 7.95. The predicted molar refractivity (Wildman–Crippen MR) is 90.5 cm³/mol. The normalized spacial score (nSPS) is 19.4. The second-order valence-electron chi connectivity index (χ2n) is 4.62. The number of fused-ring (bicyclic) bond motifs is 1. The van der Waals surface area contributed by atoms with Crippen molar-refractivity contribution in [1.29, 1.82) is 0 Å². The number of aryl methyl sites for hydroxylation is 1. The molecule has 2 aromatic rings. The van der Waals surface area contributed by atoms with Gasteiger partial charge in [0.2, 0.25) is 5.95 Å². The number of aromatic nitrogens is 4. The third kappa shape index (κ3) is 3.62. The Bertz CT molecular complexity index is 620. The van der Waals surface area contributed by atoms with Gasteiger partial charge in [0, 0.05) is 12.5 Å². The van der Waals surface area contributed by atoms with Crippen molar-refractivity contribution in [2.75, 3.05) is 12.3 Å². The Morgan fingerprint density at radius 3 is 2.50 bits per heavy atom. The zero-order valence-corrected chi connectivity index (χ0v) is 14.1. The van der Waals surface area contributed by atoms with Crippen molar-refractivity contribution >= 4 is 17.1 Å². The molecule has 1 aliphatic rings. The quantitative estimate of drug-likeness (QED) is 0.833. The third-order valence-corrected chi connectivity index (χ3v) is 3.35. The van der Waals surface area contributed by atoms with Crippen LogP contribution in [0.4, 0.5) is 5.95 Å². The first-order chi connectivity index (χ1) is 10.7. The Balaban J connectivity index is 0.000000561. The summed E-state index contributed by atoms with van der Waals surface area (Å²) in [7, 11) is 0. The lowest BCUT2D eigenvalue weighted by molar-refractivity contribution is 0.244. The standard InChI is InChI=1S/C12H15N5O.2C2H6/c1-7-10-11(16-12(13)15-7)17(6-14-10)9-3-2-8(4-9)5-18;2*1-2/h2-3,6,8-9,18H,4-5H2,1H3,(H2,13,15,16);2*1-2H3. The van der Waals surface area contributed by atoms with Gasteiger partial charge in [0.1, 0.15) is 5.52 Å². The van der Waals surface area contributed by atoms with Gasteiger partial charge in [0.25, 0.3) is 0 Å². The molecule has 6 nitrogen and oxygen atoms in total. The largest absolute Gasteiger partial charge is 0.396 e. The van der Waals surface area contributed by atoms with Gasteiger partial charge < -0.3 is 15.4 Å². The van der Waals surface area contributed by atoms with Crippen LogP contribution in [0.25, 0.3) is 11.2 Å². The first kappa shape index (κ1) is 18.1. The number of aliphatic hydroxyl groups is 1. The third-order valence-electron chi connectivity index (χ3n) is 3.35. The molecular weight excluding hydrogens is 278 g/mol. The van der Waals surface area contributed by atoms with Gasteiger partial charge in [-0.1, -0.05) is 39.8 Å². The highest BCUT2D eigenvalue weighted by molar-refractivity contribution is 5.74. The highest BCUT2D eigenvalue weighted by atomic mass is 16.3. The number of nitrogens with zero attached hydrogens (tertiary/aromatic N) is 4. The summed E-state index contributed by atoms with van der Waals surface area (Å²) in [5.41, 5.74) is 8.01. The van der Waals surface area contributed by atoms with E-state index in [1.807, 2.05) is 45.3 Å². The second kappa shape index (κ2) is 8.48. The molecule has 2 heterocycles. The average molecular weight is 305 g/mol. The van der Waals surface area contributed by atoms with Crippen LogP contribution in [0, 0.1) is 12.8 Å². The molecule has 3 rings (SSSR count). The average Bonchev–Trinajstić information content (AvgIpc) is 3.17. The zero-order valence-electron chi connectivity index (χ0n) is 14.1. The summed E-state index contributed by atoms with van der Waals surface area (Å²) in [6, 6.07) is 0.181. The van der Waals surface area contributed by atoms with Gasteiger partial charge in [-0.3, -0.25) is 0 Å². The number of rotatable bonds is 2. The fraction of sp³-hybridized carbons (Fsp3) is 0.562. The number of imidazole rings is 1. The lowest BCUT2D eigenvalue weighted by Crippen LogP contribution is -2.08. The summed E-state index contributed by atoms with van der Waals surface area (Å²) >= 11 is 0. The maximum Gasteiger partial charge on any atom is 0.222 e. The maximum atomic E-state index is 9.16. The van der Waals surface area contributed by atoms with Gasteiger partial charge in [0.15, 0.2) is 5.65 Å². The minimum absolute atomic E-state index is 0.176. The highest BCUT2D eigenvalue weighted by Gasteiger charge is 2.22. The topological polar surface area (TPSA) is 89.9 Å². The number of nitrogens with two attached hydrogens (primary N) is 1. The Labute approximate surface area is 132 Å². The number of hydrogen-bond acceptors (Lipinski definition) is 5. The molecule has 0 amide bonds. The molecule has 1 aliphatic carbocycles. The summed E-state index contributed by atoms with van der Waals surface area (Å²) in [6.45, 7) is 10.1. The molecule has 3 N–H and O–H groups in total. The van der Waals surface area contributed by atoms with Crippen molar-refractivity contribution in [1.82, 2.24) is 19.5 Å². The van der Waals surface area contributed by atoms with E-state index >= 15 is 0 Å². The van der Waals surface area contributed by atoms with Crippen LogP contribution in [0.1, 0.15) is 45.9 Å². The van der Waals surface area contributed by atoms with Crippen molar-refractivity contribution in [2.45, 2.75) is 47.1 Å². The van der Waals surface area contributed by atoms with Crippen LogP contribution >= 0.6 is 0 Å². The van der Waals surface area contributed by atoms with Gasteiger partial charge in [0.05, 0.1) is 18.1 Å². The van der Waals surface area contributed by atoms with E-state index in [1.54, 1.807) is 6.33 Å². The number of hydrogen-bond donors (Lipinski definition) is 2. The zero-order chi connectivity index (χ0) is 16.7. The summed E-state index contributed by atoms with van der Waals surface area (Å²) in [5, 5.41) is 9.16. The fourth-order valence-electron chi connectivity index (χ4n) is 2.42. The Hall–Kier alpha value is -1.95. The van der Waals surface area contributed by atoms with E-state index in [-0.39, 0.29) is 24.5 Å². The molecule has 0 fully saturated rings. The molecule has 0 radical (unpaired) electrons. The molecule has 2 aromatic heterocycles. The van der Waals surface area contributed by atoms with E-state index in [2.05, 4.69) is 21.0 Å². The van der Waals surface area contributed by atoms with Crippen molar-refractivity contribution in [2.24, 2.45) is 5.92 Å². The molecule has 22 heavy (non-hydrogen) atoms. The highest BCUT2D eigenvalue weighted by Crippen LogP contribution is 2.30. The summed E-state index contributed by atoms with van der Waals surface area (Å²) in [6.07, 6.45) is 6.75. The molecular formula is C16H27N5O. The fourth-order valence-corrected chi connectivity index (χ4v) is 2.42. The van der Waals surface area contributed by atoms with Crippen LogP contribution in [-0.2, 0) is 0 Å². The molecule has 2 unspecified atom stereocenters. The van der Waals surface area contributed by atoms with Crippen molar-refractivity contribution in [3.63, 3.8) is 0 Å². The van der Waals surface area contributed by atoms with Crippen molar-refractivity contribution in [3.8, 4) is 0 Å². The van der Waals surface area contributed by atoms with Gasteiger partial charge in [-0.2, -0.15) is 4.98 Å². The Morgan fingerprint density at radius 2 is 1.91 bits per heavy atom. The lowest BCUT2D eigenvalue weighted by Gasteiger charge is -2.12. The predicted octanol–water partition coefficient (Wildman–Crippen LogP) is 2.88. The number of aliphatic hydroxyl groups excluding tert-OH is 1. The molecule has 122 valence electrons. The van der Waals surface area contributed by atoms with E-state index in [0.717, 1.165) is 23.3 Å². The van der Waals surface area contributed by atoms with E-state index in [9.17, 15) is 0 Å². The monoisotopic (exact) mass is 305 g/mol. The molecule has 0 aromatic carbocycles. The van der Waals surface area contributed by atoms with Gasteiger partial charge in [-0.15, -0.1) is 0 Å². The minimum atomic E-state index is 0.176. The van der Waals surface area contributed by atoms with Crippen molar-refractivity contribution in [3.05, 3.63) is 24.2 Å². The molecule has 0 saturated heterocycles. The van der Waals surface area contributed by atoms with Gasteiger partial charge in [-0.05, 0) is 13.3 Å². The number of nitrogen functional groups attached to an aromatic ring is 1. The summed E-state index contributed by atoms with van der Waals surface area (Å²) in [5.74, 6) is 0.482. The van der Waals surface area contributed by atoms with Crippen LogP contribution in [0.2, 0.25) is 0 Å². The van der Waals surface area contributed by atoms with E-state index in [1.165, 1.54) is 0 Å². The smallest absolute Gasteiger partial charge is 0.222 e. The van der Waals surface area contributed by atoms with Crippen LogP contribution in [0.3, 0.4) is 0 Å². The lowest BCUT2D eigenvalue weighted by atomic mass is 10.1. The molecule has 0 saturated carbocycles. The second-order valence-corrected chi connectivity index (χ2v) is 4.62. The van der Waals surface area contributed by atoms with Crippen molar-refractivity contribution < 1.29 is 5.11 Å². The Kier molecular flexibility index (Phi) is 6.98. The van der Waals surface area contributed by atoms with Gasteiger partial charge in [-0.25, -0.2) is 9.97 Å². The Morgan fingerprint density at radius 1 is 1.23 bits per heavy atom. The maximum absolute atomic E-state index is 9.16. The molecule has 0 spiro atoms. The van der Waals surface area contributed by atoms with Gasteiger partial charge >= 0.3 is 0 Å². The first-order valence-corrected chi connectivity index (χ1v) is 7.95. The van der Waals surface area contributed by atoms with Crippen LogP contribution in [0.5, 0.6) is 0 Å². The SMILES string of the molecule is CC.CC.Cc1nc(N)nc2c1ncn2C1C=CC(CO)C1. The summed E-state index contributed by atoms with van der Waals surface area (Å²) in [4.78, 5) is 12.7. The van der Waals surface area contributed by atoms with Crippen LogP contribution in [-0.4, -0.2) is 31.2 Å². The van der Waals surface area contributed by atoms with Crippen LogP contribution < -0.4 is 5.73 Å². The number of anilines is 1. The van der Waals surface area contributed by atoms with Crippen LogP contribution in [0.15, 0.2) is 18.5 Å². The molecule has 0 bridgehead atoms. The summed E-state index contributed by atoms with van der Waals surface area (Å²) < 4.78 is 1.99. The van der Waals surface area contributed by atoms with E-state index in [0.29, 0.717) is 0 Å². The van der Waals surface area contributed by atoms with E-state index < -0.39 is 0 Å². The minimum Gasteiger partial charge on any atom is -0.396 e.